The van der Waals surface area contributed by atoms with Crippen LogP contribution < -0.4 is 0 Å². The van der Waals surface area contributed by atoms with Crippen LogP contribution in [-0.4, -0.2) is 34.4 Å². The van der Waals surface area contributed by atoms with E-state index in [-0.39, 0.29) is 17.9 Å². The first kappa shape index (κ1) is 8.23. The highest BCUT2D eigenvalue weighted by Crippen LogP contribution is 2.57. The summed E-state index contributed by atoms with van der Waals surface area (Å²) in [6.45, 7) is 0. The van der Waals surface area contributed by atoms with Gasteiger partial charge in [0.1, 0.15) is 6.10 Å². The third kappa shape index (κ3) is 0.706. The van der Waals surface area contributed by atoms with Gasteiger partial charge >= 0.3 is 11.9 Å². The topological polar surface area (TPSA) is 83.8 Å². The van der Waals surface area contributed by atoms with Crippen molar-refractivity contribution in [2.75, 3.05) is 0 Å². The molecule has 6 atom stereocenters. The number of carboxylic acid groups (broad SMARTS) is 1. The van der Waals surface area contributed by atoms with E-state index < -0.39 is 29.9 Å². The van der Waals surface area contributed by atoms with Gasteiger partial charge < -0.3 is 14.9 Å². The quantitative estimate of drug-likeness (QED) is 0.541. The van der Waals surface area contributed by atoms with Crippen molar-refractivity contribution in [3.05, 3.63) is 0 Å². The van der Waals surface area contributed by atoms with Crippen LogP contribution in [0.1, 0.15) is 6.42 Å². The second-order valence-corrected chi connectivity index (χ2v) is 4.33. The van der Waals surface area contributed by atoms with E-state index in [1.165, 1.54) is 0 Å². The van der Waals surface area contributed by atoms with Crippen molar-refractivity contribution in [3.63, 3.8) is 0 Å². The third-order valence-corrected chi connectivity index (χ3v) is 3.85. The molecule has 0 aromatic carbocycles. The summed E-state index contributed by atoms with van der Waals surface area (Å²) in [5, 5.41) is 18.7. The normalized spacial score (nSPS) is 53.6. The largest absolute Gasteiger partial charge is 0.481 e. The first-order valence-corrected chi connectivity index (χ1v) is 4.72. The van der Waals surface area contributed by atoms with Crippen molar-refractivity contribution in [1.29, 1.82) is 0 Å². The molecule has 2 N–H and O–H groups in total. The van der Waals surface area contributed by atoms with Crippen molar-refractivity contribution in [2.45, 2.75) is 18.6 Å². The van der Waals surface area contributed by atoms with Gasteiger partial charge in [0, 0.05) is 11.8 Å². The number of aliphatic carboxylic acids is 1. The molecule has 3 fully saturated rings. The Labute approximate surface area is 79.7 Å². The number of aliphatic hydroxyl groups excluding tert-OH is 1. The number of esters is 1. The van der Waals surface area contributed by atoms with Crippen LogP contribution in [0.3, 0.4) is 0 Å². The lowest BCUT2D eigenvalue weighted by atomic mass is 9.80. The van der Waals surface area contributed by atoms with E-state index in [4.69, 9.17) is 9.84 Å². The van der Waals surface area contributed by atoms with Gasteiger partial charge in [-0.1, -0.05) is 0 Å². The summed E-state index contributed by atoms with van der Waals surface area (Å²) >= 11 is 0. The molecule has 0 amide bonds. The smallest absolute Gasteiger partial charge is 0.310 e. The fourth-order valence-electron chi connectivity index (χ4n) is 3.37. The van der Waals surface area contributed by atoms with E-state index in [1.807, 2.05) is 0 Å². The number of ether oxygens (including phenoxy) is 1. The van der Waals surface area contributed by atoms with Crippen LogP contribution in [0.15, 0.2) is 0 Å². The molecule has 2 aliphatic carbocycles. The maximum absolute atomic E-state index is 11.4. The van der Waals surface area contributed by atoms with Crippen molar-refractivity contribution in [3.8, 4) is 0 Å². The van der Waals surface area contributed by atoms with Crippen molar-refractivity contribution < 1.29 is 24.5 Å². The highest BCUT2D eigenvalue weighted by molar-refractivity contribution is 5.85. The van der Waals surface area contributed by atoms with Gasteiger partial charge in [-0.3, -0.25) is 9.59 Å². The number of aliphatic hydroxyl groups is 1. The lowest BCUT2D eigenvalue weighted by Crippen LogP contribution is -2.31. The molecule has 3 aliphatic rings. The predicted octanol–water partition coefficient (Wildman–Crippen LogP) is -0.761. The van der Waals surface area contributed by atoms with Crippen LogP contribution in [-0.2, 0) is 14.3 Å². The van der Waals surface area contributed by atoms with E-state index in [1.54, 1.807) is 0 Å². The molecule has 2 saturated carbocycles. The van der Waals surface area contributed by atoms with E-state index in [9.17, 15) is 14.7 Å². The number of fused-ring (bicyclic) bond motifs is 1. The number of hydrogen-bond acceptors (Lipinski definition) is 4. The minimum absolute atomic E-state index is 0.233. The summed E-state index contributed by atoms with van der Waals surface area (Å²) in [4.78, 5) is 22.3. The Bertz CT molecular complexity index is 325. The van der Waals surface area contributed by atoms with E-state index in [0.717, 1.165) is 0 Å². The number of carboxylic acids is 1. The van der Waals surface area contributed by atoms with Crippen LogP contribution in [0.4, 0.5) is 0 Å². The number of carbonyl (C=O) groups excluding carboxylic acids is 1. The Hall–Kier alpha value is -1.10. The SMILES string of the molecule is O=C(O)[C@@H]1[C@H]2C[C@H]3OC(=O)[C@H]1[C@@H]3[C@@H]2O. The zero-order valence-corrected chi connectivity index (χ0v) is 7.29. The van der Waals surface area contributed by atoms with Gasteiger partial charge in [0.2, 0.25) is 0 Å². The molecule has 14 heavy (non-hydrogen) atoms. The van der Waals surface area contributed by atoms with Gasteiger partial charge in [-0.25, -0.2) is 0 Å². The fourth-order valence-corrected chi connectivity index (χ4v) is 3.37. The van der Waals surface area contributed by atoms with E-state index in [2.05, 4.69) is 0 Å². The average molecular weight is 198 g/mol. The summed E-state index contributed by atoms with van der Waals surface area (Å²) in [5.74, 6) is -3.33. The van der Waals surface area contributed by atoms with Gasteiger partial charge in [-0.15, -0.1) is 0 Å². The summed E-state index contributed by atoms with van der Waals surface area (Å²) in [7, 11) is 0. The second-order valence-electron chi connectivity index (χ2n) is 4.33. The van der Waals surface area contributed by atoms with Crippen LogP contribution in [0.2, 0.25) is 0 Å². The Morgan fingerprint density at radius 1 is 1.50 bits per heavy atom. The van der Waals surface area contributed by atoms with Gasteiger partial charge in [0.25, 0.3) is 0 Å². The third-order valence-electron chi connectivity index (χ3n) is 3.85. The van der Waals surface area contributed by atoms with Gasteiger partial charge in [-0.05, 0) is 6.42 Å². The maximum atomic E-state index is 11.4. The maximum Gasteiger partial charge on any atom is 0.310 e. The van der Waals surface area contributed by atoms with E-state index in [0.29, 0.717) is 6.42 Å². The number of hydrogen-bond donors (Lipinski definition) is 2. The summed E-state index contributed by atoms with van der Waals surface area (Å²) in [6, 6.07) is 0. The van der Waals surface area contributed by atoms with Crippen molar-refractivity contribution >= 4 is 11.9 Å². The Morgan fingerprint density at radius 3 is 2.86 bits per heavy atom. The molecule has 0 aromatic heterocycles. The summed E-state index contributed by atoms with van der Waals surface area (Å²) < 4.78 is 5.03. The molecule has 76 valence electrons. The van der Waals surface area contributed by atoms with E-state index >= 15 is 0 Å². The lowest BCUT2D eigenvalue weighted by Gasteiger charge is -2.19. The Morgan fingerprint density at radius 2 is 2.21 bits per heavy atom. The zero-order chi connectivity index (χ0) is 10.0. The number of rotatable bonds is 1. The monoisotopic (exact) mass is 198 g/mol. The molecule has 0 spiro atoms. The second kappa shape index (κ2) is 2.28. The van der Waals surface area contributed by atoms with Crippen LogP contribution in [0.5, 0.6) is 0 Å². The summed E-state index contributed by atoms with van der Waals surface area (Å²) in [6.07, 6.45) is -0.397. The molecule has 5 heteroatoms. The minimum Gasteiger partial charge on any atom is -0.481 e. The first-order valence-electron chi connectivity index (χ1n) is 4.72. The molecule has 1 heterocycles. The minimum atomic E-state index is -0.987. The summed E-state index contributed by atoms with van der Waals surface area (Å²) in [5.41, 5.74) is 0. The van der Waals surface area contributed by atoms with Gasteiger partial charge in [0.05, 0.1) is 17.9 Å². The van der Waals surface area contributed by atoms with Crippen LogP contribution in [0.25, 0.3) is 0 Å². The number of carbonyl (C=O) groups is 2. The Kier molecular flexibility index (Phi) is 1.34. The molecule has 0 aromatic rings. The molecule has 1 aliphatic heterocycles. The van der Waals surface area contributed by atoms with Crippen molar-refractivity contribution in [1.82, 2.24) is 0 Å². The average Bonchev–Trinajstić information content (AvgIpc) is 2.62. The molecule has 3 rings (SSSR count). The first-order chi connectivity index (χ1) is 6.61. The molecular formula is C9H10O5. The van der Waals surface area contributed by atoms with Gasteiger partial charge in [0.15, 0.2) is 0 Å². The van der Waals surface area contributed by atoms with Gasteiger partial charge in [-0.2, -0.15) is 0 Å². The predicted molar refractivity (Wildman–Crippen MR) is 42.1 cm³/mol. The molecule has 2 bridgehead atoms. The fraction of sp³-hybridized carbons (Fsp3) is 0.778. The zero-order valence-electron chi connectivity index (χ0n) is 7.29. The molecule has 0 unspecified atom stereocenters. The van der Waals surface area contributed by atoms with Crippen LogP contribution >= 0.6 is 0 Å². The Balaban J connectivity index is 2.05. The molecule has 0 radical (unpaired) electrons. The van der Waals surface area contributed by atoms with Crippen LogP contribution in [0, 0.1) is 23.7 Å². The lowest BCUT2D eigenvalue weighted by molar-refractivity contribution is -0.151. The van der Waals surface area contributed by atoms with Crippen molar-refractivity contribution in [2.24, 2.45) is 23.7 Å². The highest BCUT2D eigenvalue weighted by atomic mass is 16.6. The highest BCUT2D eigenvalue weighted by Gasteiger charge is 2.68. The molecule has 5 nitrogen and oxygen atoms in total. The molecule has 1 saturated heterocycles. The molecular weight excluding hydrogens is 188 g/mol. The standard InChI is InChI=1S/C9H10O5/c10-7-2-1-3-5(7)6(9(13)14-3)4(2)8(11)12/h2-7,10H,1H2,(H,11,12)/t2-,3-,4-,5-,6-,7-/m1/s1.